The van der Waals surface area contributed by atoms with Crippen molar-refractivity contribution in [1.82, 2.24) is 0 Å². The summed E-state index contributed by atoms with van der Waals surface area (Å²) >= 11 is 0. The van der Waals surface area contributed by atoms with Gasteiger partial charge in [0, 0.05) is 6.04 Å². The minimum absolute atomic E-state index is 0.271. The lowest BCUT2D eigenvalue weighted by molar-refractivity contribution is -0.0126. The van der Waals surface area contributed by atoms with E-state index in [4.69, 9.17) is 5.73 Å². The molecule has 2 aliphatic rings. The highest BCUT2D eigenvalue weighted by Gasteiger charge is 2.37. The number of rotatable bonds is 5. The summed E-state index contributed by atoms with van der Waals surface area (Å²) in [5, 5.41) is 19.7. The van der Waals surface area contributed by atoms with Gasteiger partial charge in [0.1, 0.15) is 0 Å². The lowest BCUT2D eigenvalue weighted by Gasteiger charge is -2.27. The van der Waals surface area contributed by atoms with Gasteiger partial charge in [-0.3, -0.25) is 0 Å². The van der Waals surface area contributed by atoms with Crippen LogP contribution in [0.4, 0.5) is 0 Å². The van der Waals surface area contributed by atoms with E-state index in [1.807, 2.05) is 0 Å². The molecule has 0 aromatic carbocycles. The smallest absolute Gasteiger partial charge is 0.0952 e. The minimum Gasteiger partial charge on any atom is -0.390 e. The summed E-state index contributed by atoms with van der Waals surface area (Å²) in [6.45, 7) is 0. The number of hydrogen-bond acceptors (Lipinski definition) is 3. The fourth-order valence-electron chi connectivity index (χ4n) is 2.56. The van der Waals surface area contributed by atoms with E-state index in [9.17, 15) is 10.2 Å². The van der Waals surface area contributed by atoms with Gasteiger partial charge in [0.25, 0.3) is 0 Å². The summed E-state index contributed by atoms with van der Waals surface area (Å²) in [5.74, 6) is 0.883. The molecule has 0 unspecified atom stereocenters. The van der Waals surface area contributed by atoms with Crippen molar-refractivity contribution in [2.75, 3.05) is 0 Å². The Hall–Kier alpha value is -0.380. The second-order valence-electron chi connectivity index (χ2n) is 5.37. The van der Waals surface area contributed by atoms with Crippen LogP contribution in [0.25, 0.3) is 0 Å². The molecule has 3 heteroatoms. The van der Waals surface area contributed by atoms with Crippen molar-refractivity contribution >= 4 is 0 Å². The lowest BCUT2D eigenvalue weighted by atomic mass is 9.86. The molecule has 0 amide bonds. The third-order valence-electron chi connectivity index (χ3n) is 3.88. The van der Waals surface area contributed by atoms with E-state index < -0.39 is 12.2 Å². The number of hydrogen-bond donors (Lipinski definition) is 3. The van der Waals surface area contributed by atoms with Gasteiger partial charge in [-0.05, 0) is 50.4 Å². The molecule has 92 valence electrons. The van der Waals surface area contributed by atoms with E-state index in [1.54, 1.807) is 0 Å². The molecule has 0 heterocycles. The zero-order chi connectivity index (χ0) is 11.5. The van der Waals surface area contributed by atoms with Crippen LogP contribution >= 0.6 is 0 Å². The summed E-state index contributed by atoms with van der Waals surface area (Å²) in [4.78, 5) is 0. The van der Waals surface area contributed by atoms with Crippen molar-refractivity contribution in [1.29, 1.82) is 0 Å². The zero-order valence-corrected chi connectivity index (χ0v) is 9.76. The molecule has 16 heavy (non-hydrogen) atoms. The van der Waals surface area contributed by atoms with Gasteiger partial charge in [-0.1, -0.05) is 12.2 Å². The fourth-order valence-corrected chi connectivity index (χ4v) is 2.56. The average molecular weight is 225 g/mol. The molecular weight excluding hydrogens is 202 g/mol. The van der Waals surface area contributed by atoms with Crippen molar-refractivity contribution in [3.05, 3.63) is 12.2 Å². The zero-order valence-electron chi connectivity index (χ0n) is 9.76. The standard InChI is InChI=1S/C13H23NO2/c14-11(8-9-4-2-1-3-5-9)13(16)12(15)10-6-7-10/h1-2,9-13,15-16H,3-8,14H2/t9-,11-,12-,13+/m0/s1. The van der Waals surface area contributed by atoms with E-state index in [-0.39, 0.29) is 6.04 Å². The van der Waals surface area contributed by atoms with Gasteiger partial charge in [-0.25, -0.2) is 0 Å². The first-order valence-corrected chi connectivity index (χ1v) is 6.45. The first kappa shape index (κ1) is 12.1. The molecule has 0 aromatic rings. The highest BCUT2D eigenvalue weighted by atomic mass is 16.3. The second kappa shape index (κ2) is 5.30. The van der Waals surface area contributed by atoms with Gasteiger partial charge in [0.2, 0.25) is 0 Å². The minimum atomic E-state index is -0.738. The van der Waals surface area contributed by atoms with Crippen molar-refractivity contribution in [3.8, 4) is 0 Å². The molecule has 3 nitrogen and oxygen atoms in total. The molecule has 0 aliphatic heterocycles. The van der Waals surface area contributed by atoms with E-state index in [1.165, 1.54) is 0 Å². The van der Waals surface area contributed by atoms with Crippen LogP contribution in [0.3, 0.4) is 0 Å². The van der Waals surface area contributed by atoms with Crippen LogP contribution in [-0.2, 0) is 0 Å². The molecule has 0 aromatic heterocycles. The summed E-state index contributed by atoms with van der Waals surface area (Å²) in [5.41, 5.74) is 5.98. The molecule has 1 fully saturated rings. The normalized spacial score (nSPS) is 31.1. The first-order chi connectivity index (χ1) is 7.68. The van der Waals surface area contributed by atoms with Gasteiger partial charge in [0.15, 0.2) is 0 Å². The molecule has 0 bridgehead atoms. The number of aliphatic hydroxyl groups excluding tert-OH is 2. The fraction of sp³-hybridized carbons (Fsp3) is 0.846. The number of nitrogens with two attached hydrogens (primary N) is 1. The molecule has 1 saturated carbocycles. The van der Waals surface area contributed by atoms with Gasteiger partial charge < -0.3 is 15.9 Å². The summed E-state index contributed by atoms with van der Waals surface area (Å²) in [6, 6.07) is -0.271. The Morgan fingerprint density at radius 3 is 2.50 bits per heavy atom. The van der Waals surface area contributed by atoms with Crippen LogP contribution in [0.2, 0.25) is 0 Å². The highest BCUT2D eigenvalue weighted by molar-refractivity contribution is 4.94. The van der Waals surface area contributed by atoms with E-state index in [0.29, 0.717) is 11.8 Å². The van der Waals surface area contributed by atoms with Crippen molar-refractivity contribution in [2.45, 2.75) is 56.8 Å². The van der Waals surface area contributed by atoms with Crippen LogP contribution < -0.4 is 5.73 Å². The van der Waals surface area contributed by atoms with Crippen molar-refractivity contribution in [2.24, 2.45) is 17.6 Å². The van der Waals surface area contributed by atoms with Crippen LogP contribution in [0.5, 0.6) is 0 Å². The van der Waals surface area contributed by atoms with Crippen LogP contribution in [0, 0.1) is 11.8 Å². The van der Waals surface area contributed by atoms with Crippen molar-refractivity contribution < 1.29 is 10.2 Å². The molecule has 0 saturated heterocycles. The third kappa shape index (κ3) is 3.06. The second-order valence-corrected chi connectivity index (χ2v) is 5.37. The van der Waals surface area contributed by atoms with Gasteiger partial charge >= 0.3 is 0 Å². The Morgan fingerprint density at radius 1 is 1.19 bits per heavy atom. The maximum atomic E-state index is 9.93. The summed E-state index contributed by atoms with van der Waals surface area (Å²) < 4.78 is 0. The van der Waals surface area contributed by atoms with Crippen LogP contribution in [0.1, 0.15) is 38.5 Å². The maximum Gasteiger partial charge on any atom is 0.0952 e. The van der Waals surface area contributed by atoms with Gasteiger partial charge in [-0.2, -0.15) is 0 Å². The first-order valence-electron chi connectivity index (χ1n) is 6.45. The average Bonchev–Trinajstić information content (AvgIpc) is 3.12. The highest BCUT2D eigenvalue weighted by Crippen LogP contribution is 2.35. The Morgan fingerprint density at radius 2 is 1.94 bits per heavy atom. The molecule has 2 rings (SSSR count). The van der Waals surface area contributed by atoms with Gasteiger partial charge in [-0.15, -0.1) is 0 Å². The molecule has 0 radical (unpaired) electrons. The topological polar surface area (TPSA) is 66.5 Å². The van der Waals surface area contributed by atoms with Gasteiger partial charge in [0.05, 0.1) is 12.2 Å². The molecule has 4 atom stereocenters. The van der Waals surface area contributed by atoms with Crippen LogP contribution in [0.15, 0.2) is 12.2 Å². The predicted octanol–water partition coefficient (Wildman–Crippen LogP) is 1.19. The Bertz CT molecular complexity index is 250. The van der Waals surface area contributed by atoms with Crippen LogP contribution in [-0.4, -0.2) is 28.5 Å². The summed E-state index contributed by atoms with van der Waals surface area (Å²) in [7, 11) is 0. The SMILES string of the molecule is N[C@@H](C[C@H]1CC=CCC1)[C@@H](O)[C@@H](O)C1CC1. The number of aliphatic hydroxyl groups is 2. The molecule has 2 aliphatic carbocycles. The molecule has 4 N–H and O–H groups in total. The third-order valence-corrected chi connectivity index (χ3v) is 3.88. The Balaban J connectivity index is 1.77. The quantitative estimate of drug-likeness (QED) is 0.616. The predicted molar refractivity (Wildman–Crippen MR) is 63.8 cm³/mol. The monoisotopic (exact) mass is 225 g/mol. The Kier molecular flexibility index (Phi) is 4.00. The summed E-state index contributed by atoms with van der Waals surface area (Å²) in [6.07, 6.45) is 9.33. The van der Waals surface area contributed by atoms with Crippen molar-refractivity contribution in [3.63, 3.8) is 0 Å². The van der Waals surface area contributed by atoms with E-state index in [2.05, 4.69) is 12.2 Å². The lowest BCUT2D eigenvalue weighted by Crippen LogP contribution is -2.45. The molecule has 0 spiro atoms. The molecular formula is C13H23NO2. The Labute approximate surface area is 97.3 Å². The number of allylic oxidation sites excluding steroid dienone is 2. The van der Waals surface area contributed by atoms with E-state index in [0.717, 1.165) is 38.5 Å². The van der Waals surface area contributed by atoms with E-state index >= 15 is 0 Å². The maximum absolute atomic E-state index is 9.93. The largest absolute Gasteiger partial charge is 0.390 e.